The molecule has 3 nitrogen and oxygen atoms in total. The van der Waals surface area contributed by atoms with Gasteiger partial charge in [0.25, 0.3) is 0 Å². The van der Waals surface area contributed by atoms with Crippen molar-refractivity contribution in [1.29, 1.82) is 0 Å². The van der Waals surface area contributed by atoms with Gasteiger partial charge in [0.1, 0.15) is 0 Å². The normalized spacial score (nSPS) is 10.6. The van der Waals surface area contributed by atoms with Crippen LogP contribution in [0.4, 0.5) is 0 Å². The molecule has 1 N–H and O–H groups in total. The maximum absolute atomic E-state index is 5.59. The molecular formula is C16H26BrNO2. The van der Waals surface area contributed by atoms with Crippen LogP contribution in [0.5, 0.6) is 11.5 Å². The van der Waals surface area contributed by atoms with Gasteiger partial charge in [-0.1, -0.05) is 26.2 Å². The van der Waals surface area contributed by atoms with Gasteiger partial charge < -0.3 is 14.8 Å². The van der Waals surface area contributed by atoms with E-state index in [4.69, 9.17) is 9.47 Å². The van der Waals surface area contributed by atoms with Gasteiger partial charge in [0, 0.05) is 6.54 Å². The lowest BCUT2D eigenvalue weighted by atomic mass is 10.2. The highest BCUT2D eigenvalue weighted by Crippen LogP contribution is 2.36. The van der Waals surface area contributed by atoms with Crippen LogP contribution in [-0.2, 0) is 6.54 Å². The first-order valence-electron chi connectivity index (χ1n) is 7.42. The number of hydrogen-bond donors (Lipinski definition) is 1. The number of ether oxygens (including phenoxy) is 2. The Balaban J connectivity index is 2.52. The molecule has 0 heterocycles. The Bertz CT molecular complexity index is 396. The molecule has 1 rings (SSSR count). The molecule has 0 unspecified atom stereocenters. The maximum atomic E-state index is 5.59. The van der Waals surface area contributed by atoms with Crippen molar-refractivity contribution in [2.45, 2.75) is 46.1 Å². The first-order chi connectivity index (χ1) is 9.72. The van der Waals surface area contributed by atoms with Crippen LogP contribution in [0.3, 0.4) is 0 Å². The Labute approximate surface area is 131 Å². The summed E-state index contributed by atoms with van der Waals surface area (Å²) in [5.41, 5.74) is 1.20. The highest BCUT2D eigenvalue weighted by Gasteiger charge is 2.10. The largest absolute Gasteiger partial charge is 0.493 e. The first-order valence-corrected chi connectivity index (χ1v) is 8.22. The lowest BCUT2D eigenvalue weighted by Crippen LogP contribution is -2.14. The summed E-state index contributed by atoms with van der Waals surface area (Å²) >= 11 is 3.55. The fraction of sp³-hybridized carbons (Fsp3) is 0.625. The monoisotopic (exact) mass is 343 g/mol. The van der Waals surface area contributed by atoms with Crippen LogP contribution in [0.2, 0.25) is 0 Å². The lowest BCUT2D eigenvalue weighted by molar-refractivity contribution is 0.308. The third kappa shape index (κ3) is 5.71. The Morgan fingerprint density at radius 1 is 1.15 bits per heavy atom. The van der Waals surface area contributed by atoms with E-state index >= 15 is 0 Å². The van der Waals surface area contributed by atoms with Crippen molar-refractivity contribution in [3.8, 4) is 11.5 Å². The van der Waals surface area contributed by atoms with E-state index in [-0.39, 0.29) is 0 Å². The third-order valence-corrected chi connectivity index (χ3v) is 3.70. The SMILES string of the molecule is CCCCCCNCc1cc(Br)c(OCC)c(OC)c1. The number of halogens is 1. The molecule has 0 aliphatic carbocycles. The molecule has 0 aliphatic heterocycles. The zero-order valence-corrected chi connectivity index (χ0v) is 14.4. The summed E-state index contributed by atoms with van der Waals surface area (Å²) in [5.74, 6) is 1.56. The second-order valence-electron chi connectivity index (χ2n) is 4.78. The van der Waals surface area contributed by atoms with Gasteiger partial charge >= 0.3 is 0 Å². The Hall–Kier alpha value is -0.740. The van der Waals surface area contributed by atoms with E-state index in [0.29, 0.717) is 6.61 Å². The summed E-state index contributed by atoms with van der Waals surface area (Å²) in [6, 6.07) is 4.13. The van der Waals surface area contributed by atoms with Crippen LogP contribution in [-0.4, -0.2) is 20.3 Å². The summed E-state index contributed by atoms with van der Waals surface area (Å²) in [6.45, 7) is 6.75. The van der Waals surface area contributed by atoms with Crippen molar-refractivity contribution < 1.29 is 9.47 Å². The fourth-order valence-corrected chi connectivity index (χ4v) is 2.67. The Kier molecular flexibility index (Phi) is 8.70. The van der Waals surface area contributed by atoms with E-state index in [1.807, 2.05) is 13.0 Å². The summed E-state index contributed by atoms with van der Waals surface area (Å²) in [6.07, 6.45) is 5.15. The number of unbranched alkanes of at least 4 members (excludes halogenated alkanes) is 3. The van der Waals surface area contributed by atoms with Gasteiger partial charge in [-0.25, -0.2) is 0 Å². The summed E-state index contributed by atoms with van der Waals surface area (Å²) in [5, 5.41) is 3.47. The number of benzene rings is 1. The first kappa shape index (κ1) is 17.3. The van der Waals surface area contributed by atoms with Gasteiger partial charge in [0.15, 0.2) is 11.5 Å². The van der Waals surface area contributed by atoms with E-state index < -0.39 is 0 Å². The topological polar surface area (TPSA) is 30.5 Å². The molecule has 1 aromatic carbocycles. The van der Waals surface area contributed by atoms with Gasteiger partial charge in [-0.15, -0.1) is 0 Å². The number of methoxy groups -OCH3 is 1. The fourth-order valence-electron chi connectivity index (χ4n) is 2.07. The molecule has 0 saturated heterocycles. The molecule has 0 atom stereocenters. The molecule has 0 spiro atoms. The summed E-state index contributed by atoms with van der Waals surface area (Å²) in [7, 11) is 1.67. The number of nitrogens with one attached hydrogen (secondary N) is 1. The van der Waals surface area contributed by atoms with Gasteiger partial charge in [0.05, 0.1) is 18.2 Å². The molecule has 4 heteroatoms. The van der Waals surface area contributed by atoms with E-state index in [1.165, 1.54) is 31.2 Å². The molecule has 0 bridgehead atoms. The Morgan fingerprint density at radius 2 is 1.95 bits per heavy atom. The molecule has 20 heavy (non-hydrogen) atoms. The smallest absolute Gasteiger partial charge is 0.175 e. The highest BCUT2D eigenvalue weighted by atomic mass is 79.9. The third-order valence-electron chi connectivity index (χ3n) is 3.11. The predicted molar refractivity (Wildman–Crippen MR) is 87.7 cm³/mol. The number of rotatable bonds is 10. The van der Waals surface area contributed by atoms with Crippen LogP contribution in [0.25, 0.3) is 0 Å². The Morgan fingerprint density at radius 3 is 2.60 bits per heavy atom. The molecule has 0 radical (unpaired) electrons. The van der Waals surface area contributed by atoms with Crippen LogP contribution in [0.1, 0.15) is 45.1 Å². The minimum absolute atomic E-state index is 0.629. The van der Waals surface area contributed by atoms with Crippen molar-refractivity contribution in [3.63, 3.8) is 0 Å². The van der Waals surface area contributed by atoms with Gasteiger partial charge in [-0.3, -0.25) is 0 Å². The van der Waals surface area contributed by atoms with Crippen molar-refractivity contribution in [1.82, 2.24) is 5.32 Å². The average molecular weight is 344 g/mol. The zero-order valence-electron chi connectivity index (χ0n) is 12.8. The standard InChI is InChI=1S/C16H26BrNO2/c1-4-6-7-8-9-18-12-13-10-14(17)16(20-5-2)15(11-13)19-3/h10-11,18H,4-9,12H2,1-3H3. The van der Waals surface area contributed by atoms with Gasteiger partial charge in [0.2, 0.25) is 0 Å². The summed E-state index contributed by atoms with van der Waals surface area (Å²) in [4.78, 5) is 0. The zero-order chi connectivity index (χ0) is 14.8. The second kappa shape index (κ2) is 10.1. The van der Waals surface area contributed by atoms with Crippen molar-refractivity contribution in [2.75, 3.05) is 20.3 Å². The van der Waals surface area contributed by atoms with Gasteiger partial charge in [-0.05, 0) is 53.5 Å². The van der Waals surface area contributed by atoms with Crippen molar-refractivity contribution in [2.24, 2.45) is 0 Å². The second-order valence-corrected chi connectivity index (χ2v) is 5.63. The summed E-state index contributed by atoms with van der Waals surface area (Å²) < 4.78 is 11.9. The van der Waals surface area contributed by atoms with E-state index in [9.17, 15) is 0 Å². The predicted octanol–water partition coefficient (Wildman–Crippen LogP) is 4.53. The van der Waals surface area contributed by atoms with Crippen LogP contribution in [0, 0.1) is 0 Å². The molecule has 0 fully saturated rings. The van der Waals surface area contributed by atoms with Crippen molar-refractivity contribution in [3.05, 3.63) is 22.2 Å². The van der Waals surface area contributed by atoms with E-state index in [0.717, 1.165) is 29.1 Å². The molecule has 1 aromatic rings. The van der Waals surface area contributed by atoms with Crippen molar-refractivity contribution >= 4 is 15.9 Å². The average Bonchev–Trinajstić information content (AvgIpc) is 2.45. The van der Waals surface area contributed by atoms with E-state index in [1.54, 1.807) is 7.11 Å². The van der Waals surface area contributed by atoms with Crippen LogP contribution in [0.15, 0.2) is 16.6 Å². The molecule has 0 aromatic heterocycles. The molecule has 0 saturated carbocycles. The minimum Gasteiger partial charge on any atom is -0.493 e. The van der Waals surface area contributed by atoms with Crippen LogP contribution >= 0.6 is 15.9 Å². The van der Waals surface area contributed by atoms with Crippen LogP contribution < -0.4 is 14.8 Å². The molecule has 0 aliphatic rings. The van der Waals surface area contributed by atoms with Gasteiger partial charge in [-0.2, -0.15) is 0 Å². The quantitative estimate of drug-likeness (QED) is 0.633. The molecular weight excluding hydrogens is 318 g/mol. The number of hydrogen-bond acceptors (Lipinski definition) is 3. The minimum atomic E-state index is 0.629. The van der Waals surface area contributed by atoms with E-state index in [2.05, 4.69) is 34.2 Å². The lowest BCUT2D eigenvalue weighted by Gasteiger charge is -2.13. The molecule has 114 valence electrons. The maximum Gasteiger partial charge on any atom is 0.175 e. The highest BCUT2D eigenvalue weighted by molar-refractivity contribution is 9.10. The molecule has 0 amide bonds.